The third kappa shape index (κ3) is 2.93. The molecule has 0 saturated carbocycles. The van der Waals surface area contributed by atoms with Gasteiger partial charge < -0.3 is 9.32 Å². The van der Waals surface area contributed by atoms with E-state index in [0.717, 1.165) is 21.9 Å². The smallest absolute Gasteiger partial charge is 0.254 e. The number of carbonyl (C=O) groups excluding carboxylic acids is 1. The van der Waals surface area contributed by atoms with Gasteiger partial charge in [-0.25, -0.2) is 8.42 Å². The maximum absolute atomic E-state index is 12.9. The van der Waals surface area contributed by atoms with E-state index < -0.39 is 9.84 Å². The van der Waals surface area contributed by atoms with E-state index in [-0.39, 0.29) is 30.5 Å². The first-order valence-electron chi connectivity index (χ1n) is 8.09. The number of sulfone groups is 1. The Morgan fingerprint density at radius 2 is 1.68 bits per heavy atom. The van der Waals surface area contributed by atoms with Gasteiger partial charge in [-0.05, 0) is 28.5 Å². The zero-order chi connectivity index (χ0) is 17.4. The SMILES string of the molecule is O=C(c1ccc(-c2ccoc2)c2ccccc12)N1CCS(=O)(=O)CC1. The minimum atomic E-state index is -3.01. The van der Waals surface area contributed by atoms with Crippen molar-refractivity contribution in [1.82, 2.24) is 4.90 Å². The van der Waals surface area contributed by atoms with E-state index in [1.165, 1.54) is 0 Å². The molecule has 0 radical (unpaired) electrons. The van der Waals surface area contributed by atoms with Crippen LogP contribution in [0.1, 0.15) is 10.4 Å². The van der Waals surface area contributed by atoms with Crippen LogP contribution in [0, 0.1) is 0 Å². The van der Waals surface area contributed by atoms with Crippen LogP contribution < -0.4 is 0 Å². The standard InChI is InChI=1S/C19H17NO4S/c21-19(20-8-11-25(22,23)12-9-20)18-6-5-15(14-7-10-24-13-14)16-3-1-2-4-17(16)18/h1-7,10,13H,8-9,11-12H2. The summed E-state index contributed by atoms with van der Waals surface area (Å²) in [6.45, 7) is 0.498. The first-order chi connectivity index (χ1) is 12.1. The number of furan rings is 1. The highest BCUT2D eigenvalue weighted by molar-refractivity contribution is 7.91. The molecule has 1 saturated heterocycles. The lowest BCUT2D eigenvalue weighted by Crippen LogP contribution is -2.43. The molecule has 0 bridgehead atoms. The average Bonchev–Trinajstić information content (AvgIpc) is 3.14. The highest BCUT2D eigenvalue weighted by Gasteiger charge is 2.26. The first-order valence-corrected chi connectivity index (χ1v) is 9.91. The van der Waals surface area contributed by atoms with Crippen molar-refractivity contribution in [2.45, 2.75) is 0 Å². The van der Waals surface area contributed by atoms with Crippen LogP contribution in [0.25, 0.3) is 21.9 Å². The molecule has 1 amide bonds. The van der Waals surface area contributed by atoms with Crippen LogP contribution in [0.4, 0.5) is 0 Å². The summed E-state index contributed by atoms with van der Waals surface area (Å²) in [6, 6.07) is 13.4. The molecule has 0 aliphatic carbocycles. The quantitative estimate of drug-likeness (QED) is 0.709. The Balaban J connectivity index is 1.76. The van der Waals surface area contributed by atoms with E-state index in [0.29, 0.717) is 5.56 Å². The molecule has 4 rings (SSSR count). The summed E-state index contributed by atoms with van der Waals surface area (Å²) in [5.41, 5.74) is 2.56. The van der Waals surface area contributed by atoms with Gasteiger partial charge in [-0.2, -0.15) is 0 Å². The zero-order valence-corrected chi connectivity index (χ0v) is 14.3. The minimum Gasteiger partial charge on any atom is -0.472 e. The summed E-state index contributed by atoms with van der Waals surface area (Å²) >= 11 is 0. The van der Waals surface area contributed by atoms with Crippen molar-refractivity contribution in [3.05, 3.63) is 60.6 Å². The number of hydrogen-bond acceptors (Lipinski definition) is 4. The summed E-state index contributed by atoms with van der Waals surface area (Å²) in [5.74, 6) is -0.0575. The number of fused-ring (bicyclic) bond motifs is 1. The van der Waals surface area contributed by atoms with Gasteiger partial charge in [0, 0.05) is 24.2 Å². The molecule has 1 aliphatic heterocycles. The van der Waals surface area contributed by atoms with Gasteiger partial charge in [0.15, 0.2) is 9.84 Å². The molecule has 128 valence electrons. The molecule has 2 heterocycles. The molecule has 2 aromatic carbocycles. The van der Waals surface area contributed by atoms with Crippen LogP contribution >= 0.6 is 0 Å². The Morgan fingerprint density at radius 3 is 2.36 bits per heavy atom. The molecular weight excluding hydrogens is 338 g/mol. The van der Waals surface area contributed by atoms with Gasteiger partial charge in [-0.1, -0.05) is 30.3 Å². The predicted molar refractivity (Wildman–Crippen MR) is 96.2 cm³/mol. The van der Waals surface area contributed by atoms with Crippen molar-refractivity contribution < 1.29 is 17.6 Å². The van der Waals surface area contributed by atoms with Crippen molar-refractivity contribution in [2.75, 3.05) is 24.6 Å². The third-order valence-electron chi connectivity index (χ3n) is 4.62. The van der Waals surface area contributed by atoms with E-state index in [9.17, 15) is 13.2 Å². The van der Waals surface area contributed by atoms with Crippen LogP contribution in [0.15, 0.2) is 59.4 Å². The van der Waals surface area contributed by atoms with Crippen LogP contribution in [0.3, 0.4) is 0 Å². The van der Waals surface area contributed by atoms with Gasteiger partial charge in [0.1, 0.15) is 0 Å². The number of amides is 1. The van der Waals surface area contributed by atoms with Gasteiger partial charge in [-0.15, -0.1) is 0 Å². The van der Waals surface area contributed by atoms with E-state index in [4.69, 9.17) is 4.42 Å². The fourth-order valence-electron chi connectivity index (χ4n) is 3.24. The number of benzene rings is 2. The second-order valence-electron chi connectivity index (χ2n) is 6.16. The first kappa shape index (κ1) is 15.9. The lowest BCUT2D eigenvalue weighted by molar-refractivity contribution is 0.0772. The summed E-state index contributed by atoms with van der Waals surface area (Å²) in [6.07, 6.45) is 3.30. The number of hydrogen-bond donors (Lipinski definition) is 0. The van der Waals surface area contributed by atoms with E-state index in [2.05, 4.69) is 0 Å². The van der Waals surface area contributed by atoms with E-state index >= 15 is 0 Å². The Bertz CT molecular complexity index is 1020. The van der Waals surface area contributed by atoms with Crippen molar-refractivity contribution in [1.29, 1.82) is 0 Å². The van der Waals surface area contributed by atoms with Gasteiger partial charge in [0.2, 0.25) is 0 Å². The second kappa shape index (κ2) is 6.04. The van der Waals surface area contributed by atoms with Crippen molar-refractivity contribution in [3.63, 3.8) is 0 Å². The van der Waals surface area contributed by atoms with Gasteiger partial charge in [-0.3, -0.25) is 4.79 Å². The van der Waals surface area contributed by atoms with Gasteiger partial charge in [0.05, 0.1) is 24.0 Å². The maximum Gasteiger partial charge on any atom is 0.254 e. The Morgan fingerprint density at radius 1 is 0.960 bits per heavy atom. The third-order valence-corrected chi connectivity index (χ3v) is 6.23. The monoisotopic (exact) mass is 355 g/mol. The lowest BCUT2D eigenvalue weighted by atomic mass is 9.96. The van der Waals surface area contributed by atoms with Crippen molar-refractivity contribution in [3.8, 4) is 11.1 Å². The van der Waals surface area contributed by atoms with Crippen LogP contribution in [-0.4, -0.2) is 43.8 Å². The lowest BCUT2D eigenvalue weighted by Gasteiger charge is -2.27. The molecule has 1 fully saturated rings. The fourth-order valence-corrected chi connectivity index (χ4v) is 4.44. The summed E-state index contributed by atoms with van der Waals surface area (Å²) in [7, 11) is -3.01. The molecule has 25 heavy (non-hydrogen) atoms. The number of carbonyl (C=O) groups is 1. The molecule has 6 heteroatoms. The highest BCUT2D eigenvalue weighted by atomic mass is 32.2. The minimum absolute atomic E-state index is 0.0315. The topological polar surface area (TPSA) is 67.6 Å². The predicted octanol–water partition coefficient (Wildman–Crippen LogP) is 2.97. The van der Waals surface area contributed by atoms with E-state index in [1.54, 1.807) is 17.4 Å². The largest absolute Gasteiger partial charge is 0.472 e. The van der Waals surface area contributed by atoms with Crippen LogP contribution in [0.2, 0.25) is 0 Å². The molecule has 0 unspecified atom stereocenters. The molecule has 5 nitrogen and oxygen atoms in total. The molecular formula is C19H17NO4S. The van der Waals surface area contributed by atoms with Gasteiger partial charge in [0.25, 0.3) is 5.91 Å². The number of nitrogens with zero attached hydrogens (tertiary/aromatic N) is 1. The molecule has 0 spiro atoms. The van der Waals surface area contributed by atoms with Crippen molar-refractivity contribution in [2.24, 2.45) is 0 Å². The Kier molecular flexibility index (Phi) is 3.84. The molecule has 1 aliphatic rings. The molecule has 0 N–H and O–H groups in total. The van der Waals surface area contributed by atoms with Crippen LogP contribution in [0.5, 0.6) is 0 Å². The maximum atomic E-state index is 12.9. The van der Waals surface area contributed by atoms with E-state index in [1.807, 2.05) is 42.5 Å². The second-order valence-corrected chi connectivity index (χ2v) is 8.47. The van der Waals surface area contributed by atoms with Gasteiger partial charge >= 0.3 is 0 Å². The van der Waals surface area contributed by atoms with Crippen molar-refractivity contribution >= 4 is 26.5 Å². The normalized spacial score (nSPS) is 16.9. The highest BCUT2D eigenvalue weighted by Crippen LogP contribution is 2.31. The van der Waals surface area contributed by atoms with Crippen LogP contribution in [-0.2, 0) is 9.84 Å². The fraction of sp³-hybridized carbons (Fsp3) is 0.211. The zero-order valence-electron chi connectivity index (χ0n) is 13.5. The summed E-state index contributed by atoms with van der Waals surface area (Å²) in [4.78, 5) is 14.6. The number of rotatable bonds is 2. The average molecular weight is 355 g/mol. The Hall–Kier alpha value is -2.60. The summed E-state index contributed by atoms with van der Waals surface area (Å²) in [5, 5.41) is 1.83. The molecule has 1 aromatic heterocycles. The summed E-state index contributed by atoms with van der Waals surface area (Å²) < 4.78 is 28.4. The molecule has 0 atom stereocenters. The Labute approximate surface area is 145 Å². The molecule has 3 aromatic rings.